The zero-order valence-corrected chi connectivity index (χ0v) is 19.8. The maximum atomic E-state index is 13.6. The average Bonchev–Trinajstić information content (AvgIpc) is 3.39. The van der Waals surface area contributed by atoms with Gasteiger partial charge in [-0.05, 0) is 43.3 Å². The second-order valence-electron chi connectivity index (χ2n) is 7.43. The van der Waals surface area contributed by atoms with Gasteiger partial charge in [0.2, 0.25) is 5.13 Å². The van der Waals surface area contributed by atoms with Crippen LogP contribution >= 0.6 is 34.7 Å². The van der Waals surface area contributed by atoms with E-state index < -0.39 is 0 Å². The van der Waals surface area contributed by atoms with Crippen LogP contribution in [0.4, 0.5) is 5.13 Å². The molecule has 3 aromatic rings. The summed E-state index contributed by atoms with van der Waals surface area (Å²) in [7, 11) is 0. The molecule has 0 N–H and O–H groups in total. The summed E-state index contributed by atoms with van der Waals surface area (Å²) in [6, 6.07) is 15.6. The molecule has 5 rings (SSSR count). The predicted octanol–water partition coefficient (Wildman–Crippen LogP) is 5.05. The smallest absolute Gasteiger partial charge is 0.284 e. The Morgan fingerprint density at radius 1 is 1.16 bits per heavy atom. The van der Waals surface area contributed by atoms with Crippen molar-refractivity contribution in [3.63, 3.8) is 0 Å². The van der Waals surface area contributed by atoms with Crippen LogP contribution in [-0.4, -0.2) is 53.6 Å². The van der Waals surface area contributed by atoms with Gasteiger partial charge in [0.05, 0.1) is 34.7 Å². The first-order valence-corrected chi connectivity index (χ1v) is 12.5. The largest absolute Gasteiger partial charge is 0.378 e. The van der Waals surface area contributed by atoms with Gasteiger partial charge in [0, 0.05) is 34.5 Å². The lowest BCUT2D eigenvalue weighted by atomic mass is 10.1. The number of para-hydroxylation sites is 1. The lowest BCUT2D eigenvalue weighted by Gasteiger charge is -2.30. The fourth-order valence-electron chi connectivity index (χ4n) is 3.73. The van der Waals surface area contributed by atoms with Gasteiger partial charge in [-0.1, -0.05) is 35.1 Å². The number of anilines is 1. The number of nitrogens with zero attached hydrogens (tertiary/aromatic N) is 4. The molecule has 32 heavy (non-hydrogen) atoms. The highest BCUT2D eigenvalue weighted by Gasteiger charge is 2.36. The van der Waals surface area contributed by atoms with Gasteiger partial charge < -0.3 is 9.64 Å². The third-order valence-electron chi connectivity index (χ3n) is 5.42. The number of carbonyl (C=O) groups excluding carboxylic acids is 1. The molecule has 1 saturated heterocycles. The van der Waals surface area contributed by atoms with Gasteiger partial charge in [-0.2, -0.15) is 10.1 Å². The average molecular weight is 485 g/mol. The van der Waals surface area contributed by atoms with Gasteiger partial charge in [0.1, 0.15) is 0 Å². The van der Waals surface area contributed by atoms with Crippen LogP contribution in [0.5, 0.6) is 0 Å². The van der Waals surface area contributed by atoms with E-state index in [0.717, 1.165) is 39.6 Å². The molecule has 2 aliphatic rings. The number of aromatic nitrogens is 1. The van der Waals surface area contributed by atoms with Crippen molar-refractivity contribution in [1.82, 2.24) is 9.88 Å². The normalized spacial score (nSPS) is 18.4. The summed E-state index contributed by atoms with van der Waals surface area (Å²) in [6.45, 7) is 4.85. The molecule has 164 valence electrons. The van der Waals surface area contributed by atoms with Crippen LogP contribution in [0.25, 0.3) is 10.2 Å². The molecule has 9 heteroatoms. The molecule has 2 aromatic carbocycles. The van der Waals surface area contributed by atoms with Crippen LogP contribution in [0.2, 0.25) is 5.02 Å². The zero-order chi connectivity index (χ0) is 22.1. The molecular formula is C23H21ClN4O2S2. The highest BCUT2D eigenvalue weighted by molar-refractivity contribution is 8.00. The van der Waals surface area contributed by atoms with Crippen LogP contribution in [0, 0.1) is 0 Å². The fraction of sp³-hybridized carbons (Fsp3) is 0.261. The van der Waals surface area contributed by atoms with Crippen LogP contribution in [0.1, 0.15) is 6.92 Å². The number of halogens is 1. The maximum Gasteiger partial charge on any atom is 0.284 e. The van der Waals surface area contributed by atoms with Gasteiger partial charge in [-0.25, -0.2) is 4.98 Å². The summed E-state index contributed by atoms with van der Waals surface area (Å²) in [6.07, 6.45) is 0. The van der Waals surface area contributed by atoms with Crippen molar-refractivity contribution in [3.05, 3.63) is 64.8 Å². The van der Waals surface area contributed by atoms with E-state index in [-0.39, 0.29) is 5.91 Å². The number of hydrogen-bond acceptors (Lipinski definition) is 7. The lowest BCUT2D eigenvalue weighted by Crippen LogP contribution is -2.37. The third kappa shape index (κ3) is 4.28. The second kappa shape index (κ2) is 9.23. The number of morpholine rings is 1. The van der Waals surface area contributed by atoms with E-state index in [1.165, 1.54) is 16.3 Å². The number of amides is 1. The number of thioether (sulfide) groups is 1. The molecule has 0 unspecified atom stereocenters. The van der Waals surface area contributed by atoms with Crippen molar-refractivity contribution in [3.8, 4) is 0 Å². The molecule has 0 spiro atoms. The van der Waals surface area contributed by atoms with Gasteiger partial charge >= 0.3 is 0 Å². The predicted molar refractivity (Wildman–Crippen MR) is 132 cm³/mol. The Balaban J connectivity index is 1.49. The zero-order valence-electron chi connectivity index (χ0n) is 17.5. The highest BCUT2D eigenvalue weighted by atomic mass is 35.5. The van der Waals surface area contributed by atoms with E-state index in [2.05, 4.69) is 9.88 Å². The van der Waals surface area contributed by atoms with Gasteiger partial charge in [0.25, 0.3) is 5.91 Å². The van der Waals surface area contributed by atoms with E-state index in [4.69, 9.17) is 21.4 Å². The Labute approximate surface area is 199 Å². The first-order valence-electron chi connectivity index (χ1n) is 10.3. The van der Waals surface area contributed by atoms with E-state index in [1.807, 2.05) is 55.5 Å². The molecule has 6 nitrogen and oxygen atoms in total. The quantitative estimate of drug-likeness (QED) is 0.374. The number of ether oxygens (including phenoxy) is 1. The van der Waals surface area contributed by atoms with E-state index in [1.54, 1.807) is 11.8 Å². The van der Waals surface area contributed by atoms with Crippen molar-refractivity contribution >= 4 is 61.7 Å². The Kier molecular flexibility index (Phi) is 6.19. The van der Waals surface area contributed by atoms with Crippen molar-refractivity contribution < 1.29 is 9.53 Å². The number of carbonyl (C=O) groups is 1. The summed E-state index contributed by atoms with van der Waals surface area (Å²) in [4.78, 5) is 21.5. The van der Waals surface area contributed by atoms with E-state index in [0.29, 0.717) is 34.7 Å². The van der Waals surface area contributed by atoms with Crippen molar-refractivity contribution in [2.24, 2.45) is 5.10 Å². The number of benzene rings is 2. The van der Waals surface area contributed by atoms with Crippen molar-refractivity contribution in [2.45, 2.75) is 11.8 Å². The van der Waals surface area contributed by atoms with Gasteiger partial charge in [-0.3, -0.25) is 4.79 Å². The molecule has 1 amide bonds. The summed E-state index contributed by atoms with van der Waals surface area (Å²) in [5.41, 5.74) is 3.23. The number of rotatable bonds is 5. The molecule has 0 aliphatic carbocycles. The number of thiazole rings is 1. The fourth-order valence-corrected chi connectivity index (χ4v) is 5.61. The standard InChI is InChI=1S/C23H21ClN4O2S2/c1-15(27-10-12-30-13-11-27)21-19(14-31-17-8-6-16(24)7-9-17)26-28(22(21)29)23-25-18-4-2-3-5-20(18)32-23/h2-9H,10-14H2,1H3/b21-15-. The molecular weight excluding hydrogens is 464 g/mol. The van der Waals surface area contributed by atoms with E-state index in [9.17, 15) is 4.79 Å². The Bertz CT molecular complexity index is 1180. The maximum absolute atomic E-state index is 13.6. The molecule has 0 saturated carbocycles. The number of allylic oxidation sites excluding steroid dienone is 1. The molecule has 1 aromatic heterocycles. The summed E-state index contributed by atoms with van der Waals surface area (Å²) >= 11 is 9.13. The Morgan fingerprint density at radius 3 is 2.66 bits per heavy atom. The minimum Gasteiger partial charge on any atom is -0.378 e. The van der Waals surface area contributed by atoms with Crippen LogP contribution in [0.15, 0.2) is 69.8 Å². The molecule has 0 bridgehead atoms. The van der Waals surface area contributed by atoms with Gasteiger partial charge in [-0.15, -0.1) is 11.8 Å². The first kappa shape index (κ1) is 21.5. The third-order valence-corrected chi connectivity index (χ3v) is 7.70. The summed E-state index contributed by atoms with van der Waals surface area (Å²) < 4.78 is 6.52. The molecule has 3 heterocycles. The van der Waals surface area contributed by atoms with Crippen molar-refractivity contribution in [2.75, 3.05) is 37.1 Å². The Hall–Kier alpha value is -2.39. The SMILES string of the molecule is C/C(=C1/C(=O)N(c2nc3ccccc3s2)N=C1CSc1ccc(Cl)cc1)N1CCOCC1. The summed E-state index contributed by atoms with van der Waals surface area (Å²) in [5.74, 6) is 0.450. The van der Waals surface area contributed by atoms with Crippen LogP contribution < -0.4 is 5.01 Å². The number of hydrogen-bond donors (Lipinski definition) is 0. The first-order chi connectivity index (χ1) is 15.6. The molecule has 2 aliphatic heterocycles. The second-order valence-corrected chi connectivity index (χ2v) is 9.92. The van der Waals surface area contributed by atoms with Gasteiger partial charge in [0.15, 0.2) is 0 Å². The topological polar surface area (TPSA) is 58.0 Å². The minimum absolute atomic E-state index is 0.125. The molecule has 0 atom stereocenters. The highest BCUT2D eigenvalue weighted by Crippen LogP contribution is 2.34. The van der Waals surface area contributed by atoms with Crippen LogP contribution in [-0.2, 0) is 9.53 Å². The van der Waals surface area contributed by atoms with Crippen LogP contribution in [0.3, 0.4) is 0 Å². The minimum atomic E-state index is -0.125. The Morgan fingerprint density at radius 2 is 1.91 bits per heavy atom. The van der Waals surface area contributed by atoms with Crippen molar-refractivity contribution in [1.29, 1.82) is 0 Å². The molecule has 1 fully saturated rings. The monoisotopic (exact) mass is 484 g/mol. The van der Waals surface area contributed by atoms with E-state index >= 15 is 0 Å². The number of fused-ring (bicyclic) bond motifs is 1. The molecule has 0 radical (unpaired) electrons. The lowest BCUT2D eigenvalue weighted by molar-refractivity contribution is -0.114. The number of hydrazone groups is 1. The summed E-state index contributed by atoms with van der Waals surface area (Å²) in [5, 5.41) is 7.51.